The van der Waals surface area contributed by atoms with Gasteiger partial charge in [-0.05, 0) is 27.2 Å². The summed E-state index contributed by atoms with van der Waals surface area (Å²) in [6.45, 7) is 6.65. The van der Waals surface area contributed by atoms with Crippen LogP contribution >= 0.6 is 0 Å². The van der Waals surface area contributed by atoms with Crippen LogP contribution in [0.25, 0.3) is 0 Å². The van der Waals surface area contributed by atoms with Crippen LogP contribution in [0.5, 0.6) is 0 Å². The minimum Gasteiger partial charge on any atom is -0.444 e. The Morgan fingerprint density at radius 3 is 2.40 bits per heavy atom. The molecule has 1 saturated heterocycles. The number of carbonyl (C=O) groups excluding carboxylic acids is 1. The van der Waals surface area contributed by atoms with Crippen molar-refractivity contribution in [2.75, 3.05) is 13.1 Å². The number of nitrogens with two attached hydrogens (primary N) is 2. The lowest BCUT2D eigenvalue weighted by Crippen LogP contribution is -2.56. The normalized spacial score (nSPS) is 27.7. The van der Waals surface area contributed by atoms with Gasteiger partial charge in [-0.15, -0.1) is 0 Å². The van der Waals surface area contributed by atoms with Crippen LogP contribution in [-0.4, -0.2) is 41.8 Å². The van der Waals surface area contributed by atoms with Crippen molar-refractivity contribution in [3.63, 3.8) is 0 Å². The molecule has 1 fully saturated rings. The second-order valence-electron chi connectivity index (χ2n) is 5.04. The Morgan fingerprint density at radius 1 is 1.33 bits per heavy atom. The topological polar surface area (TPSA) is 81.6 Å². The Kier molecular flexibility index (Phi) is 3.57. The predicted molar refractivity (Wildman–Crippen MR) is 58.4 cm³/mol. The quantitative estimate of drug-likeness (QED) is 0.608. The van der Waals surface area contributed by atoms with Gasteiger partial charge in [0.1, 0.15) is 5.60 Å². The van der Waals surface area contributed by atoms with E-state index >= 15 is 0 Å². The molecule has 0 aliphatic carbocycles. The molecule has 0 aromatic carbocycles. The van der Waals surface area contributed by atoms with Crippen molar-refractivity contribution in [1.29, 1.82) is 0 Å². The fourth-order valence-electron chi connectivity index (χ4n) is 1.49. The smallest absolute Gasteiger partial charge is 0.410 e. The summed E-state index contributed by atoms with van der Waals surface area (Å²) in [5.74, 6) is 0. The number of hydrogen-bond acceptors (Lipinski definition) is 4. The van der Waals surface area contributed by atoms with Gasteiger partial charge in [0, 0.05) is 25.2 Å². The van der Waals surface area contributed by atoms with E-state index in [1.54, 1.807) is 4.90 Å². The molecule has 0 aromatic heterocycles. The van der Waals surface area contributed by atoms with E-state index in [2.05, 4.69) is 0 Å². The van der Waals surface area contributed by atoms with Gasteiger partial charge in [-0.3, -0.25) is 0 Å². The van der Waals surface area contributed by atoms with Gasteiger partial charge in [0.05, 0.1) is 0 Å². The molecule has 4 N–H and O–H groups in total. The third kappa shape index (κ3) is 3.68. The molecule has 1 heterocycles. The second kappa shape index (κ2) is 4.37. The van der Waals surface area contributed by atoms with Crippen LogP contribution < -0.4 is 11.5 Å². The molecule has 0 radical (unpaired) electrons. The van der Waals surface area contributed by atoms with E-state index in [-0.39, 0.29) is 18.2 Å². The number of amides is 1. The number of carbonyl (C=O) groups is 1. The highest BCUT2D eigenvalue weighted by atomic mass is 16.6. The average molecular weight is 215 g/mol. The van der Waals surface area contributed by atoms with Crippen LogP contribution in [0.4, 0.5) is 4.79 Å². The lowest BCUT2D eigenvalue weighted by molar-refractivity contribution is 0.0189. The number of ether oxygens (including phenoxy) is 1. The first-order valence-electron chi connectivity index (χ1n) is 5.28. The van der Waals surface area contributed by atoms with E-state index in [1.807, 2.05) is 20.8 Å². The van der Waals surface area contributed by atoms with Crippen molar-refractivity contribution >= 4 is 6.09 Å². The van der Waals surface area contributed by atoms with Crippen molar-refractivity contribution in [3.8, 4) is 0 Å². The van der Waals surface area contributed by atoms with Crippen LogP contribution in [0.1, 0.15) is 27.2 Å². The summed E-state index contributed by atoms with van der Waals surface area (Å²) in [5, 5.41) is 0. The third-order valence-electron chi connectivity index (χ3n) is 2.37. The summed E-state index contributed by atoms with van der Waals surface area (Å²) in [4.78, 5) is 13.3. The summed E-state index contributed by atoms with van der Waals surface area (Å²) in [6.07, 6.45) is 0.435. The maximum absolute atomic E-state index is 11.7. The van der Waals surface area contributed by atoms with Gasteiger partial charge in [-0.1, -0.05) is 0 Å². The van der Waals surface area contributed by atoms with Crippen molar-refractivity contribution in [1.82, 2.24) is 4.90 Å². The molecule has 1 rings (SSSR count). The Labute approximate surface area is 90.7 Å². The SMILES string of the molecule is CC(C)(C)OC(=O)N1CC[C@@H](N)[C@@H](N)C1. The highest BCUT2D eigenvalue weighted by Gasteiger charge is 2.29. The molecule has 5 nitrogen and oxygen atoms in total. The van der Waals surface area contributed by atoms with Crippen molar-refractivity contribution < 1.29 is 9.53 Å². The molecule has 1 aliphatic heterocycles. The summed E-state index contributed by atoms with van der Waals surface area (Å²) in [7, 11) is 0. The summed E-state index contributed by atoms with van der Waals surface area (Å²) in [6, 6.07) is -0.157. The first kappa shape index (κ1) is 12.3. The average Bonchev–Trinajstić information content (AvgIpc) is 2.06. The summed E-state index contributed by atoms with van der Waals surface area (Å²) >= 11 is 0. The van der Waals surface area contributed by atoms with Crippen molar-refractivity contribution in [3.05, 3.63) is 0 Å². The van der Waals surface area contributed by atoms with Crippen LogP contribution in [-0.2, 0) is 4.74 Å². The molecular formula is C10H21N3O2. The maximum atomic E-state index is 11.7. The van der Waals surface area contributed by atoms with Gasteiger partial charge in [0.25, 0.3) is 0 Å². The predicted octanol–water partition coefficient (Wildman–Crippen LogP) is 0.282. The summed E-state index contributed by atoms with van der Waals surface area (Å²) < 4.78 is 5.25. The third-order valence-corrected chi connectivity index (χ3v) is 2.37. The van der Waals surface area contributed by atoms with Gasteiger partial charge in [0.15, 0.2) is 0 Å². The van der Waals surface area contributed by atoms with Gasteiger partial charge in [-0.25, -0.2) is 4.79 Å². The molecule has 0 bridgehead atoms. The molecule has 15 heavy (non-hydrogen) atoms. The molecule has 0 saturated carbocycles. The largest absolute Gasteiger partial charge is 0.444 e. The van der Waals surface area contributed by atoms with E-state index < -0.39 is 5.60 Å². The zero-order chi connectivity index (χ0) is 11.6. The highest BCUT2D eigenvalue weighted by molar-refractivity contribution is 5.68. The van der Waals surface area contributed by atoms with Crippen molar-refractivity contribution in [2.24, 2.45) is 11.5 Å². The number of nitrogens with zero attached hydrogens (tertiary/aromatic N) is 1. The first-order chi connectivity index (χ1) is 6.79. The van der Waals surface area contributed by atoms with Crippen LogP contribution in [0.3, 0.4) is 0 Å². The van der Waals surface area contributed by atoms with Crippen LogP contribution in [0.15, 0.2) is 0 Å². The molecule has 2 atom stereocenters. The Balaban J connectivity index is 2.48. The van der Waals surface area contributed by atoms with Crippen LogP contribution in [0, 0.1) is 0 Å². The minimum atomic E-state index is -0.458. The summed E-state index contributed by atoms with van der Waals surface area (Å²) in [5.41, 5.74) is 11.1. The maximum Gasteiger partial charge on any atom is 0.410 e. The standard InChI is InChI=1S/C10H21N3O2/c1-10(2,3)15-9(14)13-5-4-7(11)8(12)6-13/h7-8H,4-6,11-12H2,1-3H3/t7-,8+/m1/s1. The number of hydrogen-bond donors (Lipinski definition) is 2. The van der Waals surface area contributed by atoms with E-state index in [0.29, 0.717) is 13.1 Å². The zero-order valence-electron chi connectivity index (χ0n) is 9.69. The Morgan fingerprint density at radius 2 is 1.93 bits per heavy atom. The van der Waals surface area contributed by atoms with Gasteiger partial charge >= 0.3 is 6.09 Å². The van der Waals surface area contributed by atoms with E-state index in [0.717, 1.165) is 6.42 Å². The Bertz CT molecular complexity index is 237. The molecule has 0 spiro atoms. The Hall–Kier alpha value is -0.810. The minimum absolute atomic E-state index is 0.0105. The lowest BCUT2D eigenvalue weighted by atomic mass is 10.0. The van der Waals surface area contributed by atoms with Crippen molar-refractivity contribution in [2.45, 2.75) is 44.9 Å². The molecule has 1 aliphatic rings. The van der Waals surface area contributed by atoms with Crippen LogP contribution in [0.2, 0.25) is 0 Å². The highest BCUT2D eigenvalue weighted by Crippen LogP contribution is 2.13. The van der Waals surface area contributed by atoms with Gasteiger partial charge in [-0.2, -0.15) is 0 Å². The van der Waals surface area contributed by atoms with Gasteiger partial charge < -0.3 is 21.1 Å². The van der Waals surface area contributed by atoms with Gasteiger partial charge in [0.2, 0.25) is 0 Å². The van der Waals surface area contributed by atoms with E-state index in [4.69, 9.17) is 16.2 Å². The molecular weight excluding hydrogens is 194 g/mol. The monoisotopic (exact) mass is 215 g/mol. The first-order valence-corrected chi connectivity index (χ1v) is 5.28. The lowest BCUT2D eigenvalue weighted by Gasteiger charge is -2.35. The molecule has 0 aromatic rings. The number of rotatable bonds is 0. The fraction of sp³-hybridized carbons (Fsp3) is 0.900. The zero-order valence-corrected chi connectivity index (χ0v) is 9.69. The molecule has 5 heteroatoms. The molecule has 1 amide bonds. The molecule has 0 unspecified atom stereocenters. The second-order valence-corrected chi connectivity index (χ2v) is 5.04. The fourth-order valence-corrected chi connectivity index (χ4v) is 1.49. The van der Waals surface area contributed by atoms with E-state index in [1.165, 1.54) is 0 Å². The number of piperidine rings is 1. The van der Waals surface area contributed by atoms with E-state index in [9.17, 15) is 4.79 Å². The number of likely N-dealkylation sites (tertiary alicyclic amines) is 1. The molecule has 88 valence electrons.